The molecule has 0 spiro atoms. The number of carboxylic acids is 1. The summed E-state index contributed by atoms with van der Waals surface area (Å²) in [5, 5.41) is 21.1. The van der Waals surface area contributed by atoms with E-state index in [-0.39, 0.29) is 25.4 Å². The van der Waals surface area contributed by atoms with Crippen molar-refractivity contribution in [3.8, 4) is 0 Å². The molecule has 1 saturated heterocycles. The Hall–Kier alpha value is -1.83. The number of carbonyl (C=O) groups excluding carboxylic acids is 2. The number of rotatable bonds is 4. The third-order valence-corrected chi connectivity index (χ3v) is 3.38. The smallest absolute Gasteiger partial charge is 0.326 e. The fourth-order valence-corrected chi connectivity index (χ4v) is 2.30. The number of likely N-dealkylation sites (tertiary alicyclic amines) is 1. The van der Waals surface area contributed by atoms with Crippen molar-refractivity contribution in [2.45, 2.75) is 25.5 Å². The van der Waals surface area contributed by atoms with Crippen LogP contribution in [0.5, 0.6) is 0 Å². The van der Waals surface area contributed by atoms with Crippen LogP contribution in [0, 0.1) is 5.92 Å². The van der Waals surface area contributed by atoms with Gasteiger partial charge in [-0.25, -0.2) is 9.59 Å². The topological polar surface area (TPSA) is 110 Å². The average molecular weight is 287 g/mol. The summed E-state index contributed by atoms with van der Waals surface area (Å²) in [5.41, 5.74) is 0. The molecule has 1 rings (SSSR count). The lowest BCUT2D eigenvalue weighted by Gasteiger charge is -2.28. The molecule has 0 radical (unpaired) electrons. The van der Waals surface area contributed by atoms with E-state index in [0.717, 1.165) is 4.90 Å². The van der Waals surface area contributed by atoms with Crippen LogP contribution in [0.4, 0.5) is 4.79 Å². The predicted octanol–water partition coefficient (Wildman–Crippen LogP) is -1.06. The molecule has 3 unspecified atom stereocenters. The highest BCUT2D eigenvalue weighted by Gasteiger charge is 2.40. The number of carboxylic acid groups (broad SMARTS) is 1. The van der Waals surface area contributed by atoms with Crippen LogP contribution in [-0.4, -0.2) is 77.3 Å². The summed E-state index contributed by atoms with van der Waals surface area (Å²) in [6.45, 7) is 1.85. The van der Waals surface area contributed by atoms with E-state index in [9.17, 15) is 19.5 Å². The maximum atomic E-state index is 12.2. The second kappa shape index (κ2) is 6.56. The second-order valence-electron chi connectivity index (χ2n) is 5.07. The van der Waals surface area contributed by atoms with Gasteiger partial charge in [0.15, 0.2) is 0 Å². The van der Waals surface area contributed by atoms with E-state index in [1.807, 2.05) is 0 Å². The molecule has 0 aromatic heterocycles. The van der Waals surface area contributed by atoms with E-state index in [2.05, 4.69) is 5.32 Å². The number of nitrogens with one attached hydrogen (secondary N) is 1. The van der Waals surface area contributed by atoms with Crippen LogP contribution in [0.25, 0.3) is 0 Å². The lowest BCUT2D eigenvalue weighted by atomic mass is 10.1. The Balaban J connectivity index is 2.68. The third kappa shape index (κ3) is 3.60. The van der Waals surface area contributed by atoms with Crippen molar-refractivity contribution in [3.63, 3.8) is 0 Å². The normalized spacial score (nSPS) is 23.3. The Kier molecular flexibility index (Phi) is 5.32. The molecule has 0 bridgehead atoms. The monoisotopic (exact) mass is 287 g/mol. The summed E-state index contributed by atoms with van der Waals surface area (Å²) in [6.07, 6.45) is -0.801. The maximum Gasteiger partial charge on any atom is 0.326 e. The molecule has 1 heterocycles. The highest BCUT2D eigenvalue weighted by atomic mass is 16.4. The van der Waals surface area contributed by atoms with E-state index >= 15 is 0 Å². The number of urea groups is 1. The minimum absolute atomic E-state index is 0.00546. The fraction of sp³-hybridized carbons (Fsp3) is 0.750. The van der Waals surface area contributed by atoms with Gasteiger partial charge in [-0.1, -0.05) is 6.92 Å². The average Bonchev–Trinajstić information content (AvgIpc) is 2.78. The largest absolute Gasteiger partial charge is 0.480 e. The maximum absolute atomic E-state index is 12.2. The van der Waals surface area contributed by atoms with Crippen LogP contribution in [-0.2, 0) is 9.59 Å². The zero-order valence-corrected chi connectivity index (χ0v) is 11.9. The van der Waals surface area contributed by atoms with Crippen molar-refractivity contribution < 1.29 is 24.6 Å². The van der Waals surface area contributed by atoms with Gasteiger partial charge in [-0.05, 0) is 0 Å². The molecule has 3 atom stereocenters. The fourth-order valence-electron chi connectivity index (χ4n) is 2.30. The minimum atomic E-state index is -1.14. The second-order valence-corrected chi connectivity index (χ2v) is 5.07. The van der Waals surface area contributed by atoms with Crippen LogP contribution in [0.15, 0.2) is 0 Å². The van der Waals surface area contributed by atoms with Crippen molar-refractivity contribution >= 4 is 17.9 Å². The lowest BCUT2D eigenvalue weighted by Crippen LogP contribution is -2.48. The van der Waals surface area contributed by atoms with Crippen LogP contribution >= 0.6 is 0 Å². The number of nitrogens with zero attached hydrogens (tertiary/aromatic N) is 2. The predicted molar refractivity (Wildman–Crippen MR) is 70.0 cm³/mol. The van der Waals surface area contributed by atoms with Crippen LogP contribution in [0.2, 0.25) is 0 Å². The van der Waals surface area contributed by atoms with Gasteiger partial charge in [0.05, 0.1) is 12.0 Å². The van der Waals surface area contributed by atoms with Crippen molar-refractivity contribution in [2.24, 2.45) is 5.92 Å². The van der Waals surface area contributed by atoms with Gasteiger partial charge in [0, 0.05) is 33.6 Å². The first-order valence-electron chi connectivity index (χ1n) is 6.42. The molecule has 8 heteroatoms. The number of carbonyl (C=O) groups is 3. The molecule has 114 valence electrons. The number of β-amino-alcohol motifs (C(OH)–C–C–N with tert-alkyl or cyclic N) is 1. The van der Waals surface area contributed by atoms with E-state index < -0.39 is 30.1 Å². The summed E-state index contributed by atoms with van der Waals surface area (Å²) in [6, 6.07) is -1.51. The van der Waals surface area contributed by atoms with Crippen LogP contribution in [0.1, 0.15) is 13.3 Å². The van der Waals surface area contributed by atoms with Gasteiger partial charge in [0.1, 0.15) is 6.04 Å². The Morgan fingerprint density at radius 2 is 2.05 bits per heavy atom. The molecule has 0 aromatic rings. The standard InChI is InChI=1S/C12H21N3O5/c1-7(10(17)13-2)5-14(3)12(20)15-6-8(16)4-9(15)11(18)19/h7-9,16H,4-6H2,1-3H3,(H,13,17)(H,18,19). The third-order valence-electron chi connectivity index (χ3n) is 3.38. The van der Waals surface area contributed by atoms with Crippen LogP contribution in [0.3, 0.4) is 0 Å². The lowest BCUT2D eigenvalue weighted by molar-refractivity contribution is -0.141. The molecule has 1 aliphatic rings. The van der Waals surface area contributed by atoms with E-state index in [1.165, 1.54) is 19.0 Å². The quantitative estimate of drug-likeness (QED) is 0.610. The number of hydrogen-bond acceptors (Lipinski definition) is 4. The van der Waals surface area contributed by atoms with Gasteiger partial charge in [-0.3, -0.25) is 4.79 Å². The number of aliphatic hydroxyl groups excluding tert-OH is 1. The molecule has 0 aromatic carbocycles. The van der Waals surface area contributed by atoms with Crippen LogP contribution < -0.4 is 5.32 Å². The number of amides is 3. The van der Waals surface area contributed by atoms with E-state index in [4.69, 9.17) is 5.11 Å². The first-order chi connectivity index (χ1) is 9.27. The van der Waals surface area contributed by atoms with Gasteiger partial charge < -0.3 is 25.3 Å². The molecule has 0 aliphatic carbocycles. The summed E-state index contributed by atoms with van der Waals surface area (Å²) < 4.78 is 0. The zero-order chi connectivity index (χ0) is 15.4. The number of aliphatic hydroxyl groups is 1. The first kappa shape index (κ1) is 16.2. The summed E-state index contributed by atoms with van der Waals surface area (Å²) in [4.78, 5) is 37.1. The molecule has 1 fully saturated rings. The van der Waals surface area contributed by atoms with Gasteiger partial charge >= 0.3 is 12.0 Å². The molecule has 1 aliphatic heterocycles. The molecule has 8 nitrogen and oxygen atoms in total. The Bertz CT molecular complexity index is 401. The zero-order valence-electron chi connectivity index (χ0n) is 11.9. The van der Waals surface area contributed by atoms with Gasteiger partial charge in [0.25, 0.3) is 0 Å². The summed E-state index contributed by atoms with van der Waals surface area (Å²) in [5.74, 6) is -1.73. The Morgan fingerprint density at radius 3 is 2.55 bits per heavy atom. The Labute approximate surface area is 117 Å². The molecule has 0 saturated carbocycles. The van der Waals surface area contributed by atoms with Gasteiger partial charge in [0.2, 0.25) is 5.91 Å². The highest BCUT2D eigenvalue weighted by molar-refractivity contribution is 5.84. The minimum Gasteiger partial charge on any atom is -0.480 e. The molecule has 3 N–H and O–H groups in total. The molecular formula is C12H21N3O5. The number of aliphatic carboxylic acids is 1. The number of hydrogen-bond donors (Lipinski definition) is 3. The van der Waals surface area contributed by atoms with Crippen molar-refractivity contribution in [3.05, 3.63) is 0 Å². The van der Waals surface area contributed by atoms with Gasteiger partial charge in [-0.15, -0.1) is 0 Å². The molecular weight excluding hydrogens is 266 g/mol. The van der Waals surface area contributed by atoms with Crippen molar-refractivity contribution in [2.75, 3.05) is 27.2 Å². The van der Waals surface area contributed by atoms with E-state index in [0.29, 0.717) is 0 Å². The van der Waals surface area contributed by atoms with E-state index in [1.54, 1.807) is 6.92 Å². The summed E-state index contributed by atoms with van der Waals surface area (Å²) in [7, 11) is 3.02. The van der Waals surface area contributed by atoms with Gasteiger partial charge in [-0.2, -0.15) is 0 Å². The Morgan fingerprint density at radius 1 is 1.45 bits per heavy atom. The first-order valence-corrected chi connectivity index (χ1v) is 6.42. The van der Waals surface area contributed by atoms with Crippen molar-refractivity contribution in [1.29, 1.82) is 0 Å². The molecule has 20 heavy (non-hydrogen) atoms. The molecule has 3 amide bonds. The SMILES string of the molecule is CNC(=O)C(C)CN(C)C(=O)N1CC(O)CC1C(=O)O. The highest BCUT2D eigenvalue weighted by Crippen LogP contribution is 2.20. The van der Waals surface area contributed by atoms with Crippen molar-refractivity contribution in [1.82, 2.24) is 15.1 Å². The summed E-state index contributed by atoms with van der Waals surface area (Å²) >= 11 is 0.